The Morgan fingerprint density at radius 2 is 2.18 bits per heavy atom. The van der Waals surface area contributed by atoms with E-state index in [-0.39, 0.29) is 12.0 Å². The Labute approximate surface area is 100 Å². The van der Waals surface area contributed by atoms with Crippen LogP contribution in [-0.2, 0) is 4.79 Å². The van der Waals surface area contributed by atoms with Crippen molar-refractivity contribution in [3.8, 4) is 0 Å². The summed E-state index contributed by atoms with van der Waals surface area (Å²) in [4.78, 5) is 19.2. The Bertz CT molecular complexity index is 369. The van der Waals surface area contributed by atoms with Crippen molar-refractivity contribution in [2.75, 3.05) is 5.32 Å². The fourth-order valence-electron chi connectivity index (χ4n) is 2.34. The first-order valence-corrected chi connectivity index (χ1v) is 6.03. The Morgan fingerprint density at radius 1 is 1.35 bits per heavy atom. The third-order valence-electron chi connectivity index (χ3n) is 3.25. The van der Waals surface area contributed by atoms with Crippen molar-refractivity contribution in [3.05, 3.63) is 18.6 Å². The summed E-state index contributed by atoms with van der Waals surface area (Å²) in [6.45, 7) is 0. The normalized spacial score (nSPS) is 24.9. The molecule has 0 amide bonds. The van der Waals surface area contributed by atoms with E-state index in [1.807, 2.05) is 0 Å². The SMILES string of the molecule is O=C(O)C1CCCCCC1Nc1ccncn1. The highest BCUT2D eigenvalue weighted by atomic mass is 16.4. The van der Waals surface area contributed by atoms with Gasteiger partial charge in [0, 0.05) is 12.2 Å². The van der Waals surface area contributed by atoms with Crippen molar-refractivity contribution in [2.24, 2.45) is 5.92 Å². The largest absolute Gasteiger partial charge is 0.481 e. The first-order chi connectivity index (χ1) is 8.27. The number of hydrogen-bond donors (Lipinski definition) is 2. The molecule has 2 atom stereocenters. The van der Waals surface area contributed by atoms with E-state index in [1.54, 1.807) is 12.3 Å². The Balaban J connectivity index is 2.07. The van der Waals surface area contributed by atoms with Crippen molar-refractivity contribution in [2.45, 2.75) is 38.1 Å². The second kappa shape index (κ2) is 5.61. The third-order valence-corrected chi connectivity index (χ3v) is 3.25. The number of rotatable bonds is 3. The van der Waals surface area contributed by atoms with Crippen LogP contribution in [0.5, 0.6) is 0 Å². The van der Waals surface area contributed by atoms with Gasteiger partial charge in [0.15, 0.2) is 0 Å². The van der Waals surface area contributed by atoms with Crippen LogP contribution >= 0.6 is 0 Å². The van der Waals surface area contributed by atoms with Crippen LogP contribution in [0.1, 0.15) is 32.1 Å². The summed E-state index contributed by atoms with van der Waals surface area (Å²) in [5.74, 6) is -0.316. The molecule has 1 aliphatic rings. The fraction of sp³-hybridized carbons (Fsp3) is 0.583. The molecule has 1 aliphatic carbocycles. The molecule has 1 aromatic rings. The second-order valence-corrected chi connectivity index (χ2v) is 4.43. The van der Waals surface area contributed by atoms with Gasteiger partial charge in [0.25, 0.3) is 0 Å². The standard InChI is InChI=1S/C12H17N3O2/c16-12(17)9-4-2-1-3-5-10(9)15-11-6-7-13-8-14-11/h6-10H,1-5H2,(H,16,17)(H,13,14,15). The highest BCUT2D eigenvalue weighted by molar-refractivity contribution is 5.71. The van der Waals surface area contributed by atoms with Gasteiger partial charge < -0.3 is 10.4 Å². The molecule has 17 heavy (non-hydrogen) atoms. The number of aromatic nitrogens is 2. The monoisotopic (exact) mass is 235 g/mol. The maximum absolute atomic E-state index is 11.2. The summed E-state index contributed by atoms with van der Waals surface area (Å²) in [6, 6.07) is 1.74. The zero-order valence-corrected chi connectivity index (χ0v) is 9.67. The summed E-state index contributed by atoms with van der Waals surface area (Å²) in [7, 11) is 0. The fourth-order valence-corrected chi connectivity index (χ4v) is 2.34. The molecule has 2 unspecified atom stereocenters. The molecule has 0 aliphatic heterocycles. The van der Waals surface area contributed by atoms with Crippen molar-refractivity contribution >= 4 is 11.8 Å². The molecule has 0 bridgehead atoms. The molecule has 0 aromatic carbocycles. The summed E-state index contributed by atoms with van der Waals surface area (Å²) in [5, 5.41) is 12.5. The molecular formula is C12H17N3O2. The van der Waals surface area contributed by atoms with E-state index in [0.717, 1.165) is 32.1 Å². The Kier molecular flexibility index (Phi) is 3.90. The summed E-state index contributed by atoms with van der Waals surface area (Å²) in [5.41, 5.74) is 0. The predicted molar refractivity (Wildman–Crippen MR) is 63.7 cm³/mol. The van der Waals surface area contributed by atoms with E-state index >= 15 is 0 Å². The molecule has 1 fully saturated rings. The van der Waals surface area contributed by atoms with Gasteiger partial charge in [0.1, 0.15) is 12.1 Å². The van der Waals surface area contributed by atoms with Crippen LogP contribution in [-0.4, -0.2) is 27.1 Å². The smallest absolute Gasteiger partial charge is 0.308 e. The van der Waals surface area contributed by atoms with E-state index in [9.17, 15) is 9.90 Å². The number of carboxylic acid groups (broad SMARTS) is 1. The van der Waals surface area contributed by atoms with E-state index < -0.39 is 5.97 Å². The maximum Gasteiger partial charge on any atom is 0.308 e. The average Bonchev–Trinajstić information content (AvgIpc) is 2.56. The minimum atomic E-state index is -0.710. The van der Waals surface area contributed by atoms with Gasteiger partial charge in [-0.15, -0.1) is 0 Å². The number of hydrogen-bond acceptors (Lipinski definition) is 4. The maximum atomic E-state index is 11.2. The van der Waals surface area contributed by atoms with Crippen LogP contribution in [0.15, 0.2) is 18.6 Å². The molecule has 1 heterocycles. The Morgan fingerprint density at radius 3 is 2.88 bits per heavy atom. The average molecular weight is 235 g/mol. The lowest BCUT2D eigenvalue weighted by Gasteiger charge is -2.23. The van der Waals surface area contributed by atoms with E-state index in [1.165, 1.54) is 6.33 Å². The molecular weight excluding hydrogens is 218 g/mol. The zero-order valence-electron chi connectivity index (χ0n) is 9.67. The molecule has 0 radical (unpaired) electrons. The minimum absolute atomic E-state index is 0.0232. The van der Waals surface area contributed by atoms with Gasteiger partial charge in [-0.05, 0) is 18.9 Å². The molecule has 5 nitrogen and oxygen atoms in total. The van der Waals surface area contributed by atoms with Crippen LogP contribution in [0.25, 0.3) is 0 Å². The number of anilines is 1. The van der Waals surface area contributed by atoms with Gasteiger partial charge >= 0.3 is 5.97 Å². The highest BCUT2D eigenvalue weighted by Crippen LogP contribution is 2.25. The summed E-state index contributed by atoms with van der Waals surface area (Å²) >= 11 is 0. The lowest BCUT2D eigenvalue weighted by molar-refractivity contribution is -0.142. The van der Waals surface area contributed by atoms with Crippen LogP contribution < -0.4 is 5.32 Å². The first-order valence-electron chi connectivity index (χ1n) is 6.03. The first kappa shape index (κ1) is 11.8. The van der Waals surface area contributed by atoms with Crippen LogP contribution in [0.3, 0.4) is 0 Å². The van der Waals surface area contributed by atoms with Gasteiger partial charge in [-0.25, -0.2) is 9.97 Å². The van der Waals surface area contributed by atoms with Crippen molar-refractivity contribution in [3.63, 3.8) is 0 Å². The van der Waals surface area contributed by atoms with Gasteiger partial charge in [-0.2, -0.15) is 0 Å². The molecule has 0 saturated heterocycles. The van der Waals surface area contributed by atoms with E-state index in [2.05, 4.69) is 15.3 Å². The second-order valence-electron chi connectivity index (χ2n) is 4.43. The van der Waals surface area contributed by atoms with Crippen LogP contribution in [0, 0.1) is 5.92 Å². The molecule has 1 saturated carbocycles. The van der Waals surface area contributed by atoms with Crippen LogP contribution in [0.4, 0.5) is 5.82 Å². The third kappa shape index (κ3) is 3.15. The molecule has 1 aromatic heterocycles. The number of carbonyl (C=O) groups is 1. The zero-order chi connectivity index (χ0) is 12.1. The number of nitrogens with zero attached hydrogens (tertiary/aromatic N) is 2. The number of carboxylic acids is 1. The van der Waals surface area contributed by atoms with Crippen molar-refractivity contribution < 1.29 is 9.90 Å². The summed E-state index contributed by atoms with van der Waals surface area (Å²) < 4.78 is 0. The van der Waals surface area contributed by atoms with Gasteiger partial charge in [0.05, 0.1) is 5.92 Å². The van der Waals surface area contributed by atoms with Gasteiger partial charge in [0.2, 0.25) is 0 Å². The van der Waals surface area contributed by atoms with Crippen molar-refractivity contribution in [1.82, 2.24) is 9.97 Å². The lowest BCUT2D eigenvalue weighted by atomic mass is 9.95. The minimum Gasteiger partial charge on any atom is -0.481 e. The molecule has 92 valence electrons. The quantitative estimate of drug-likeness (QED) is 0.783. The predicted octanol–water partition coefficient (Wildman–Crippen LogP) is 1.92. The molecule has 2 N–H and O–H groups in total. The Hall–Kier alpha value is -1.65. The summed E-state index contributed by atoms with van der Waals surface area (Å²) in [6.07, 6.45) is 7.95. The highest BCUT2D eigenvalue weighted by Gasteiger charge is 2.29. The molecule has 5 heteroatoms. The van der Waals surface area contributed by atoms with E-state index in [0.29, 0.717) is 5.82 Å². The topological polar surface area (TPSA) is 75.1 Å². The van der Waals surface area contributed by atoms with Crippen molar-refractivity contribution in [1.29, 1.82) is 0 Å². The van der Waals surface area contributed by atoms with Gasteiger partial charge in [-0.3, -0.25) is 4.79 Å². The van der Waals surface area contributed by atoms with E-state index in [4.69, 9.17) is 0 Å². The molecule has 0 spiro atoms. The van der Waals surface area contributed by atoms with Gasteiger partial charge in [-0.1, -0.05) is 19.3 Å². The number of nitrogens with one attached hydrogen (secondary N) is 1. The molecule has 2 rings (SSSR count). The lowest BCUT2D eigenvalue weighted by Crippen LogP contribution is -2.34. The number of aliphatic carboxylic acids is 1. The van der Waals surface area contributed by atoms with Crippen LogP contribution in [0.2, 0.25) is 0 Å².